The molecule has 0 amide bonds. The van der Waals surface area contributed by atoms with Crippen molar-refractivity contribution >= 4 is 35.0 Å². The van der Waals surface area contributed by atoms with Gasteiger partial charge in [-0.3, -0.25) is 0 Å². The first-order valence-electron chi connectivity index (χ1n) is 11.3. The number of likely N-dealkylation sites (tertiary alicyclic amines) is 1. The molecule has 2 aromatic rings. The first kappa shape index (κ1) is 28.0. The Morgan fingerprint density at radius 3 is 1.71 bits per heavy atom. The molecule has 3 rings (SSSR count). The Labute approximate surface area is 212 Å². The lowest BCUT2D eigenvalue weighted by molar-refractivity contribution is -0.173. The molecule has 0 aliphatic carbocycles. The Morgan fingerprint density at radius 1 is 0.912 bits per heavy atom. The van der Waals surface area contributed by atoms with Gasteiger partial charge in [0.25, 0.3) is 0 Å². The van der Waals surface area contributed by atoms with E-state index < -0.39 is 12.3 Å². The highest BCUT2D eigenvalue weighted by Gasteiger charge is 2.29. The van der Waals surface area contributed by atoms with Crippen LogP contribution in [-0.2, 0) is 14.3 Å². The van der Waals surface area contributed by atoms with Gasteiger partial charge in [0.2, 0.25) is 0 Å². The standard InChI is InChI=1S/C20H21Cl2NO4.C6H12O/c1-23-12-10-18(11-13-23)25-19(24)20(26-16-6-2-14(21)3-7-16)27-17-8-4-15(22)5-9-17;1-5(2)4-6(3)7/h2-9,18,20H,10-13H2,1H3;5H,4H2,1-3H3. The average molecular weight is 510 g/mol. The summed E-state index contributed by atoms with van der Waals surface area (Å²) in [7, 11) is 2.05. The van der Waals surface area contributed by atoms with Crippen molar-refractivity contribution in [3.05, 3.63) is 58.6 Å². The first-order valence-corrected chi connectivity index (χ1v) is 12.1. The molecule has 186 valence electrons. The summed E-state index contributed by atoms with van der Waals surface area (Å²) in [6.07, 6.45) is 0.930. The zero-order valence-electron chi connectivity index (χ0n) is 20.1. The molecule has 0 saturated carbocycles. The van der Waals surface area contributed by atoms with Crippen LogP contribution in [0.25, 0.3) is 0 Å². The van der Waals surface area contributed by atoms with Gasteiger partial charge in [-0.2, -0.15) is 0 Å². The number of rotatable bonds is 8. The predicted octanol–water partition coefficient (Wildman–Crippen LogP) is 6.04. The lowest BCUT2D eigenvalue weighted by atomic mass is 10.1. The van der Waals surface area contributed by atoms with Crippen molar-refractivity contribution in [2.45, 2.75) is 52.4 Å². The van der Waals surface area contributed by atoms with Crippen molar-refractivity contribution < 1.29 is 23.8 Å². The summed E-state index contributed by atoms with van der Waals surface area (Å²) in [6.45, 7) is 7.49. The molecule has 0 unspecified atom stereocenters. The number of esters is 1. The van der Waals surface area contributed by atoms with Gasteiger partial charge in [0.1, 0.15) is 23.4 Å². The first-order chi connectivity index (χ1) is 16.1. The number of carbonyl (C=O) groups is 2. The van der Waals surface area contributed by atoms with Crippen LogP contribution < -0.4 is 9.47 Å². The normalized spacial score (nSPS) is 14.4. The molecule has 0 bridgehead atoms. The summed E-state index contributed by atoms with van der Waals surface area (Å²) in [5, 5.41) is 1.15. The Balaban J connectivity index is 0.000000509. The number of Topliss-reactive ketones (excluding diaryl/α,β-unsaturated/α-hetero) is 1. The van der Waals surface area contributed by atoms with Gasteiger partial charge in [-0.25, -0.2) is 4.79 Å². The number of benzene rings is 2. The van der Waals surface area contributed by atoms with E-state index in [4.69, 9.17) is 37.4 Å². The van der Waals surface area contributed by atoms with Crippen LogP contribution in [0.5, 0.6) is 11.5 Å². The molecule has 1 aliphatic rings. The zero-order valence-corrected chi connectivity index (χ0v) is 21.6. The molecular formula is C26H33Cl2NO5. The molecule has 0 radical (unpaired) electrons. The fraction of sp³-hybridized carbons (Fsp3) is 0.462. The van der Waals surface area contributed by atoms with Crippen LogP contribution in [0.3, 0.4) is 0 Å². The minimum atomic E-state index is -1.23. The van der Waals surface area contributed by atoms with Crippen molar-refractivity contribution in [1.29, 1.82) is 0 Å². The molecule has 1 heterocycles. The quantitative estimate of drug-likeness (QED) is 0.319. The Morgan fingerprint density at radius 2 is 1.35 bits per heavy atom. The van der Waals surface area contributed by atoms with E-state index in [0.717, 1.165) is 32.4 Å². The topological polar surface area (TPSA) is 65.1 Å². The summed E-state index contributed by atoms with van der Waals surface area (Å²) < 4.78 is 17.1. The molecule has 0 atom stereocenters. The molecular weight excluding hydrogens is 477 g/mol. The summed E-state index contributed by atoms with van der Waals surface area (Å²) in [5.41, 5.74) is 0. The van der Waals surface area contributed by atoms with E-state index in [0.29, 0.717) is 27.5 Å². The van der Waals surface area contributed by atoms with Crippen LogP contribution in [0.15, 0.2) is 48.5 Å². The van der Waals surface area contributed by atoms with Crippen molar-refractivity contribution in [3.8, 4) is 11.5 Å². The van der Waals surface area contributed by atoms with Gasteiger partial charge < -0.3 is 23.9 Å². The van der Waals surface area contributed by atoms with Crippen LogP contribution in [0, 0.1) is 5.92 Å². The summed E-state index contributed by atoms with van der Waals surface area (Å²) in [4.78, 5) is 25.2. The van der Waals surface area contributed by atoms with E-state index in [-0.39, 0.29) is 11.9 Å². The lowest BCUT2D eigenvalue weighted by Gasteiger charge is -2.29. The van der Waals surface area contributed by atoms with Gasteiger partial charge in [0.05, 0.1) is 0 Å². The maximum atomic E-state index is 12.7. The summed E-state index contributed by atoms with van der Waals surface area (Å²) >= 11 is 11.8. The largest absolute Gasteiger partial charge is 0.457 e. The summed E-state index contributed by atoms with van der Waals surface area (Å²) in [5.74, 6) is 1.17. The number of carbonyl (C=O) groups excluding carboxylic acids is 2. The maximum Gasteiger partial charge on any atom is 0.389 e. The SMILES string of the molecule is CC(=O)CC(C)C.CN1CCC(OC(=O)C(Oc2ccc(Cl)cc2)Oc2ccc(Cl)cc2)CC1. The number of hydrogen-bond donors (Lipinski definition) is 0. The van der Waals surface area contributed by atoms with Crippen molar-refractivity contribution in [3.63, 3.8) is 0 Å². The highest BCUT2D eigenvalue weighted by molar-refractivity contribution is 6.30. The molecule has 8 heteroatoms. The molecule has 0 spiro atoms. The highest BCUT2D eigenvalue weighted by atomic mass is 35.5. The molecule has 34 heavy (non-hydrogen) atoms. The second-order valence-corrected chi connectivity index (χ2v) is 9.59. The Bertz CT molecular complexity index is 847. The number of ketones is 1. The monoisotopic (exact) mass is 509 g/mol. The molecule has 1 aliphatic heterocycles. The van der Waals surface area contributed by atoms with E-state index >= 15 is 0 Å². The molecule has 6 nitrogen and oxygen atoms in total. The molecule has 1 fully saturated rings. The van der Waals surface area contributed by atoms with E-state index in [2.05, 4.69) is 4.90 Å². The number of piperidine rings is 1. The molecule has 2 aromatic carbocycles. The smallest absolute Gasteiger partial charge is 0.389 e. The molecule has 0 N–H and O–H groups in total. The fourth-order valence-corrected chi connectivity index (χ4v) is 3.54. The molecule has 1 saturated heterocycles. The van der Waals surface area contributed by atoms with Gasteiger partial charge in [-0.05, 0) is 81.3 Å². The highest BCUT2D eigenvalue weighted by Crippen LogP contribution is 2.22. The third-order valence-corrected chi connectivity index (χ3v) is 5.45. The second kappa shape index (κ2) is 14.2. The number of halogens is 2. The third-order valence-electron chi connectivity index (χ3n) is 4.95. The van der Waals surface area contributed by atoms with Crippen molar-refractivity contribution in [2.24, 2.45) is 5.92 Å². The average Bonchev–Trinajstić information content (AvgIpc) is 2.77. The van der Waals surface area contributed by atoms with Gasteiger partial charge in [-0.1, -0.05) is 37.0 Å². The minimum Gasteiger partial charge on any atom is -0.457 e. The van der Waals surface area contributed by atoms with Gasteiger partial charge >= 0.3 is 12.3 Å². The Hall–Kier alpha value is -2.28. The molecule has 0 aromatic heterocycles. The van der Waals surface area contributed by atoms with E-state index in [1.54, 1.807) is 55.5 Å². The maximum absolute atomic E-state index is 12.7. The summed E-state index contributed by atoms with van der Waals surface area (Å²) in [6, 6.07) is 13.4. The van der Waals surface area contributed by atoms with Crippen LogP contribution in [-0.4, -0.2) is 49.2 Å². The second-order valence-electron chi connectivity index (χ2n) is 8.71. The van der Waals surface area contributed by atoms with Gasteiger partial charge in [0, 0.05) is 29.6 Å². The van der Waals surface area contributed by atoms with E-state index in [1.807, 2.05) is 20.9 Å². The predicted molar refractivity (Wildman–Crippen MR) is 135 cm³/mol. The lowest BCUT2D eigenvalue weighted by Crippen LogP contribution is -2.41. The number of hydrogen-bond acceptors (Lipinski definition) is 6. The van der Waals surface area contributed by atoms with Gasteiger partial charge in [0.15, 0.2) is 0 Å². The van der Waals surface area contributed by atoms with Crippen LogP contribution in [0.2, 0.25) is 10.0 Å². The minimum absolute atomic E-state index is 0.140. The van der Waals surface area contributed by atoms with Gasteiger partial charge in [-0.15, -0.1) is 0 Å². The van der Waals surface area contributed by atoms with Crippen LogP contribution >= 0.6 is 23.2 Å². The fourth-order valence-electron chi connectivity index (χ4n) is 3.29. The van der Waals surface area contributed by atoms with Crippen LogP contribution in [0.1, 0.15) is 40.0 Å². The number of ether oxygens (including phenoxy) is 3. The zero-order chi connectivity index (χ0) is 25.1. The third kappa shape index (κ3) is 10.8. The van der Waals surface area contributed by atoms with Crippen molar-refractivity contribution in [2.75, 3.05) is 20.1 Å². The van der Waals surface area contributed by atoms with E-state index in [9.17, 15) is 9.59 Å². The van der Waals surface area contributed by atoms with Crippen LogP contribution in [0.4, 0.5) is 0 Å². The van der Waals surface area contributed by atoms with E-state index in [1.165, 1.54) is 0 Å². The number of nitrogens with zero attached hydrogens (tertiary/aromatic N) is 1. The van der Waals surface area contributed by atoms with Crippen molar-refractivity contribution in [1.82, 2.24) is 4.90 Å². The Kier molecular flexibility index (Phi) is 11.7.